The number of methoxy groups -OCH3 is 1. The van der Waals surface area contributed by atoms with E-state index >= 15 is 0 Å². The highest BCUT2D eigenvalue weighted by molar-refractivity contribution is 14.0. The minimum Gasteiger partial charge on any atom is -0.383 e. The molecular weight excluding hydrogens is 435 g/mol. The lowest BCUT2D eigenvalue weighted by atomic mass is 10.3. The van der Waals surface area contributed by atoms with Crippen LogP contribution in [-0.2, 0) is 16.1 Å². The number of likely N-dealkylation sites (N-methyl/N-ethyl adjacent to an activating group) is 1. The molecule has 0 unspecified atom stereocenters. The van der Waals surface area contributed by atoms with Gasteiger partial charge in [-0.25, -0.2) is 9.98 Å². The average molecular weight is 464 g/mol. The van der Waals surface area contributed by atoms with Crippen molar-refractivity contribution in [3.63, 3.8) is 0 Å². The molecule has 1 aromatic heterocycles. The van der Waals surface area contributed by atoms with Gasteiger partial charge in [0.15, 0.2) is 5.96 Å². The Bertz CT molecular complexity index is 551. The zero-order valence-electron chi connectivity index (χ0n) is 15.6. The highest BCUT2D eigenvalue weighted by Crippen LogP contribution is 2.08. The van der Waals surface area contributed by atoms with Crippen LogP contribution in [0.5, 0.6) is 0 Å². The molecule has 1 rings (SSSR count). The van der Waals surface area contributed by atoms with Crippen molar-refractivity contribution in [1.82, 2.24) is 20.5 Å². The van der Waals surface area contributed by atoms with Crippen molar-refractivity contribution in [3.05, 3.63) is 23.9 Å². The molecule has 0 atom stereocenters. The summed E-state index contributed by atoms with van der Waals surface area (Å²) in [5.41, 5.74) is 0.855. The first kappa shape index (κ1) is 23.4. The van der Waals surface area contributed by atoms with Gasteiger partial charge in [0.2, 0.25) is 5.91 Å². The summed E-state index contributed by atoms with van der Waals surface area (Å²) < 4.78 is 5.02. The van der Waals surface area contributed by atoms with E-state index in [1.807, 2.05) is 37.2 Å². The number of halogens is 1. The number of rotatable bonds is 8. The first-order valence-electron chi connectivity index (χ1n) is 7.78. The number of carbonyl (C=O) groups is 1. The Morgan fingerprint density at radius 1 is 1.24 bits per heavy atom. The summed E-state index contributed by atoms with van der Waals surface area (Å²) in [5, 5.41) is 6.15. The highest BCUT2D eigenvalue weighted by Gasteiger charge is 2.06. The molecule has 142 valence electrons. The van der Waals surface area contributed by atoms with Gasteiger partial charge >= 0.3 is 0 Å². The smallest absolute Gasteiger partial charge is 0.241 e. The second-order valence-corrected chi connectivity index (χ2v) is 5.61. The van der Waals surface area contributed by atoms with Crippen molar-refractivity contribution in [1.29, 1.82) is 0 Å². The number of guanidine groups is 1. The summed E-state index contributed by atoms with van der Waals surface area (Å²) in [4.78, 5) is 24.2. The lowest BCUT2D eigenvalue weighted by molar-refractivity contribution is -0.127. The fourth-order valence-corrected chi connectivity index (χ4v) is 1.73. The van der Waals surface area contributed by atoms with Crippen molar-refractivity contribution >= 4 is 41.7 Å². The molecule has 1 aromatic rings. The standard InChI is InChI=1S/C16H28N6O2.HI/c1-21(2)14-8-6-7-13(20-14)11-18-16(17-9-10-24-5)19-12-15(23)22(3)4;/h6-8H,9-12H2,1-5H3,(H2,17,18,19);1H. The molecule has 0 saturated heterocycles. The molecule has 0 aliphatic heterocycles. The molecule has 0 saturated carbocycles. The zero-order chi connectivity index (χ0) is 17.9. The fourth-order valence-electron chi connectivity index (χ4n) is 1.73. The average Bonchev–Trinajstić information content (AvgIpc) is 2.56. The molecule has 0 bridgehead atoms. The monoisotopic (exact) mass is 464 g/mol. The third-order valence-electron chi connectivity index (χ3n) is 3.15. The molecule has 0 aliphatic carbocycles. The van der Waals surface area contributed by atoms with Gasteiger partial charge < -0.3 is 25.2 Å². The van der Waals surface area contributed by atoms with E-state index in [0.717, 1.165) is 11.5 Å². The second kappa shape index (κ2) is 12.7. The number of pyridine rings is 1. The van der Waals surface area contributed by atoms with Crippen molar-refractivity contribution in [3.8, 4) is 0 Å². The Morgan fingerprint density at radius 2 is 1.96 bits per heavy atom. The van der Waals surface area contributed by atoms with Crippen LogP contribution in [0.25, 0.3) is 0 Å². The molecule has 2 N–H and O–H groups in total. The first-order valence-corrected chi connectivity index (χ1v) is 7.78. The Kier molecular flexibility index (Phi) is 11.9. The second-order valence-electron chi connectivity index (χ2n) is 5.61. The van der Waals surface area contributed by atoms with Crippen LogP contribution in [0.4, 0.5) is 5.82 Å². The van der Waals surface area contributed by atoms with Gasteiger partial charge in [-0.05, 0) is 12.1 Å². The summed E-state index contributed by atoms with van der Waals surface area (Å²) in [6.45, 7) is 1.75. The lowest BCUT2D eigenvalue weighted by Gasteiger charge is -2.15. The highest BCUT2D eigenvalue weighted by atomic mass is 127. The van der Waals surface area contributed by atoms with Crippen molar-refractivity contribution in [2.45, 2.75) is 6.54 Å². The van der Waals surface area contributed by atoms with Crippen LogP contribution in [0.1, 0.15) is 5.69 Å². The van der Waals surface area contributed by atoms with Crippen LogP contribution in [0.2, 0.25) is 0 Å². The zero-order valence-corrected chi connectivity index (χ0v) is 17.9. The maximum absolute atomic E-state index is 11.7. The van der Waals surface area contributed by atoms with Crippen molar-refractivity contribution in [2.24, 2.45) is 4.99 Å². The molecule has 1 amide bonds. The minimum absolute atomic E-state index is 0. The number of carbonyl (C=O) groups excluding carboxylic acids is 1. The maximum atomic E-state index is 11.7. The van der Waals surface area contributed by atoms with Crippen molar-refractivity contribution in [2.75, 3.05) is 59.9 Å². The van der Waals surface area contributed by atoms with E-state index in [0.29, 0.717) is 25.7 Å². The lowest BCUT2D eigenvalue weighted by Crippen LogP contribution is -2.43. The molecule has 25 heavy (non-hydrogen) atoms. The molecular formula is C16H29IN6O2. The van der Waals surface area contributed by atoms with Crippen LogP contribution in [-0.4, -0.2) is 76.7 Å². The number of anilines is 1. The maximum Gasteiger partial charge on any atom is 0.241 e. The van der Waals surface area contributed by atoms with Crippen LogP contribution in [0.3, 0.4) is 0 Å². The van der Waals surface area contributed by atoms with Crippen LogP contribution < -0.4 is 15.5 Å². The molecule has 0 spiro atoms. The van der Waals surface area contributed by atoms with E-state index in [9.17, 15) is 4.79 Å². The summed E-state index contributed by atoms with van der Waals surface area (Å²) in [6, 6.07) is 5.82. The van der Waals surface area contributed by atoms with Crippen molar-refractivity contribution < 1.29 is 9.53 Å². The number of aromatic nitrogens is 1. The van der Waals surface area contributed by atoms with Gasteiger partial charge in [0.05, 0.1) is 25.4 Å². The summed E-state index contributed by atoms with van der Waals surface area (Å²) in [5.74, 6) is 1.41. The number of ether oxygens (including phenoxy) is 1. The van der Waals surface area contributed by atoms with Gasteiger partial charge in [0, 0.05) is 41.8 Å². The normalized spacial score (nSPS) is 10.7. The summed E-state index contributed by atoms with van der Waals surface area (Å²) in [7, 11) is 8.97. The Hall–Kier alpha value is -1.62. The Labute approximate surface area is 167 Å². The Morgan fingerprint density at radius 3 is 2.56 bits per heavy atom. The van der Waals surface area contributed by atoms with E-state index in [-0.39, 0.29) is 36.4 Å². The molecule has 1 heterocycles. The van der Waals surface area contributed by atoms with Crippen LogP contribution >= 0.6 is 24.0 Å². The number of nitrogens with one attached hydrogen (secondary N) is 2. The Balaban J connectivity index is 0.00000576. The molecule has 9 heteroatoms. The van der Waals surface area contributed by atoms with Gasteiger partial charge in [-0.2, -0.15) is 0 Å². The summed E-state index contributed by atoms with van der Waals surface area (Å²) in [6.07, 6.45) is 0. The van der Waals surface area contributed by atoms with E-state index in [1.165, 1.54) is 4.90 Å². The van der Waals surface area contributed by atoms with Gasteiger partial charge in [-0.1, -0.05) is 6.07 Å². The molecule has 0 aromatic carbocycles. The molecule has 0 fully saturated rings. The summed E-state index contributed by atoms with van der Waals surface area (Å²) >= 11 is 0. The predicted molar refractivity (Wildman–Crippen MR) is 112 cm³/mol. The third kappa shape index (κ3) is 9.44. The van der Waals surface area contributed by atoms with Gasteiger partial charge in [-0.15, -0.1) is 24.0 Å². The molecule has 8 nitrogen and oxygen atoms in total. The fraction of sp³-hybridized carbons (Fsp3) is 0.562. The largest absolute Gasteiger partial charge is 0.383 e. The third-order valence-corrected chi connectivity index (χ3v) is 3.15. The number of hydrogen-bond acceptors (Lipinski definition) is 5. The quantitative estimate of drug-likeness (QED) is 0.253. The number of aliphatic imine (C=N–C) groups is 1. The van der Waals surface area contributed by atoms with Crippen LogP contribution in [0, 0.1) is 0 Å². The first-order chi connectivity index (χ1) is 11.4. The molecule has 0 aliphatic rings. The SMILES string of the molecule is COCCNC(=NCc1cccc(N(C)C)n1)NCC(=O)N(C)C.I. The van der Waals surface area contributed by atoms with Gasteiger partial charge in [0.1, 0.15) is 5.82 Å². The van der Waals surface area contributed by atoms with E-state index < -0.39 is 0 Å². The van der Waals surface area contributed by atoms with Crippen LogP contribution in [0.15, 0.2) is 23.2 Å². The van der Waals surface area contributed by atoms with E-state index in [4.69, 9.17) is 4.74 Å². The molecule has 0 radical (unpaired) electrons. The predicted octanol–water partition coefficient (Wildman–Crippen LogP) is 0.535. The minimum atomic E-state index is -0.0241. The van der Waals surface area contributed by atoms with E-state index in [2.05, 4.69) is 20.6 Å². The van der Waals surface area contributed by atoms with Gasteiger partial charge in [0.25, 0.3) is 0 Å². The number of amides is 1. The van der Waals surface area contributed by atoms with Gasteiger partial charge in [-0.3, -0.25) is 4.79 Å². The number of hydrogen-bond donors (Lipinski definition) is 2. The topological polar surface area (TPSA) is 82.1 Å². The van der Waals surface area contributed by atoms with E-state index in [1.54, 1.807) is 21.2 Å². The number of nitrogens with zero attached hydrogens (tertiary/aromatic N) is 4.